The molecule has 1 aromatic carbocycles. The molecule has 37 heavy (non-hydrogen) atoms. The Balaban J connectivity index is 0.00000334. The summed E-state index contributed by atoms with van der Waals surface area (Å²) in [6.45, 7) is 10.9. The van der Waals surface area contributed by atoms with Crippen molar-refractivity contribution in [2.24, 2.45) is 5.92 Å². The van der Waals surface area contributed by atoms with E-state index >= 15 is 0 Å². The number of amides is 2. The number of nitrogens with one attached hydrogen (secondary N) is 3. The van der Waals surface area contributed by atoms with Gasteiger partial charge >= 0.3 is 16.4 Å². The molecule has 13 heteroatoms. The van der Waals surface area contributed by atoms with Gasteiger partial charge in [0.05, 0.1) is 17.4 Å². The Kier molecular flexibility index (Phi) is 12.4. The van der Waals surface area contributed by atoms with Crippen molar-refractivity contribution in [1.82, 2.24) is 15.6 Å². The molecule has 2 amide bonds. The van der Waals surface area contributed by atoms with E-state index in [2.05, 4.69) is 15.6 Å². The third-order valence-corrected chi connectivity index (χ3v) is 6.31. The number of aryl methyl sites for hydroxylation is 1. The van der Waals surface area contributed by atoms with Gasteiger partial charge in [-0.15, -0.1) is 11.3 Å². The summed E-state index contributed by atoms with van der Waals surface area (Å²) in [6.07, 6.45) is 0.459. The van der Waals surface area contributed by atoms with Gasteiger partial charge in [-0.3, -0.25) is 14.1 Å². The molecule has 0 saturated carbocycles. The van der Waals surface area contributed by atoms with E-state index < -0.39 is 34.1 Å². The fourth-order valence-corrected chi connectivity index (χ4v) is 4.56. The quantitative estimate of drug-likeness (QED) is 0.276. The van der Waals surface area contributed by atoms with Crippen molar-refractivity contribution in [1.29, 1.82) is 0 Å². The number of rotatable bonds is 10. The largest absolute Gasteiger partial charge is 0.444 e. The van der Waals surface area contributed by atoms with Gasteiger partial charge in [0.25, 0.3) is 0 Å². The molecule has 1 aromatic heterocycles. The standard InChI is InChI=1S/C23H34N4O6S2.CH4O/c1-7-16-13-34-21(24-16)18(12-15-8-10-17(11-9-15)27-35(30,31)32)25-20(28)19(14(2)3)26-22(29)33-23(4,5)6;1-2/h8-11,13-14,18-19,27H,7,12H2,1-6H3,(H,25,28)(H,26,29)(H,30,31,32);2H,1H3/t18-,19?;/m0./s1. The highest BCUT2D eigenvalue weighted by Crippen LogP contribution is 2.24. The number of thiazole rings is 1. The third kappa shape index (κ3) is 11.9. The predicted molar refractivity (Wildman–Crippen MR) is 144 cm³/mol. The molecule has 208 valence electrons. The van der Waals surface area contributed by atoms with Gasteiger partial charge in [0, 0.05) is 12.5 Å². The number of aliphatic hydroxyl groups is 1. The molecular formula is C24H38N4O7S2. The number of aliphatic hydroxyl groups excluding tert-OH is 1. The van der Waals surface area contributed by atoms with Crippen LogP contribution in [0.15, 0.2) is 29.6 Å². The summed E-state index contributed by atoms with van der Waals surface area (Å²) in [5.74, 6) is -0.565. The Morgan fingerprint density at radius 1 is 1.11 bits per heavy atom. The SMILES string of the molecule is CCc1csc([C@H](Cc2ccc(NS(=O)(=O)O)cc2)NC(=O)C(NC(=O)OC(C)(C)C)C(C)C)n1.CO. The van der Waals surface area contributed by atoms with Crippen molar-refractivity contribution in [2.45, 2.75) is 72.1 Å². The number of ether oxygens (including phenoxy) is 1. The maximum absolute atomic E-state index is 13.2. The zero-order valence-corrected chi connectivity index (χ0v) is 23.9. The minimum atomic E-state index is -4.37. The maximum atomic E-state index is 13.2. The number of nitrogens with zero attached hydrogens (tertiary/aromatic N) is 1. The van der Waals surface area contributed by atoms with E-state index in [1.165, 1.54) is 23.5 Å². The zero-order chi connectivity index (χ0) is 28.4. The molecule has 0 fully saturated rings. The van der Waals surface area contributed by atoms with E-state index in [4.69, 9.17) is 14.4 Å². The second-order valence-corrected chi connectivity index (χ2v) is 11.5. The Bertz CT molecular complexity index is 1110. The van der Waals surface area contributed by atoms with Crippen LogP contribution < -0.4 is 15.4 Å². The molecule has 2 atom stereocenters. The monoisotopic (exact) mass is 558 g/mol. The molecule has 0 bridgehead atoms. The van der Waals surface area contributed by atoms with E-state index in [9.17, 15) is 18.0 Å². The maximum Gasteiger partial charge on any atom is 0.408 e. The molecule has 1 heterocycles. The summed E-state index contributed by atoms with van der Waals surface area (Å²) in [5.41, 5.74) is 1.23. The number of hydrogen-bond acceptors (Lipinski definition) is 8. The minimum absolute atomic E-state index is 0.198. The van der Waals surface area contributed by atoms with Crippen LogP contribution in [0, 0.1) is 5.92 Å². The lowest BCUT2D eigenvalue weighted by Crippen LogP contribution is -2.51. The summed E-state index contributed by atoms with van der Waals surface area (Å²) in [6, 6.07) is 5.12. The van der Waals surface area contributed by atoms with E-state index in [1.807, 2.05) is 30.9 Å². The van der Waals surface area contributed by atoms with E-state index in [1.54, 1.807) is 32.9 Å². The van der Waals surface area contributed by atoms with Gasteiger partial charge in [-0.05, 0) is 57.2 Å². The molecule has 0 aliphatic carbocycles. The first-order valence-corrected chi connectivity index (χ1v) is 14.0. The number of benzene rings is 1. The highest BCUT2D eigenvalue weighted by Gasteiger charge is 2.29. The fraction of sp³-hybridized carbons (Fsp3) is 0.542. The molecule has 5 N–H and O–H groups in total. The molecule has 0 aliphatic rings. The van der Waals surface area contributed by atoms with Gasteiger partial charge in [-0.25, -0.2) is 9.78 Å². The van der Waals surface area contributed by atoms with Crippen LogP contribution in [0.3, 0.4) is 0 Å². The first kappa shape index (κ1) is 32.3. The zero-order valence-electron chi connectivity index (χ0n) is 22.2. The van der Waals surface area contributed by atoms with E-state index in [-0.39, 0.29) is 17.5 Å². The smallest absolute Gasteiger partial charge is 0.408 e. The highest BCUT2D eigenvalue weighted by atomic mass is 32.2. The summed E-state index contributed by atoms with van der Waals surface area (Å²) in [5, 5.41) is 15.3. The van der Waals surface area contributed by atoms with Crippen LogP contribution in [0.4, 0.5) is 10.5 Å². The van der Waals surface area contributed by atoms with Crippen LogP contribution >= 0.6 is 11.3 Å². The van der Waals surface area contributed by atoms with Crippen LogP contribution in [0.25, 0.3) is 0 Å². The van der Waals surface area contributed by atoms with Crippen LogP contribution in [0.2, 0.25) is 0 Å². The number of alkyl carbamates (subject to hydrolysis) is 1. The molecule has 1 unspecified atom stereocenters. The first-order chi connectivity index (χ1) is 17.2. The summed E-state index contributed by atoms with van der Waals surface area (Å²) >= 11 is 1.43. The van der Waals surface area contributed by atoms with Crippen molar-refractivity contribution < 1.29 is 32.4 Å². The van der Waals surface area contributed by atoms with E-state index in [0.717, 1.165) is 29.8 Å². The van der Waals surface area contributed by atoms with Crippen LogP contribution in [-0.4, -0.2) is 53.8 Å². The number of aromatic nitrogens is 1. The molecule has 2 aromatic rings. The second kappa shape index (κ2) is 14.3. The Morgan fingerprint density at radius 3 is 2.16 bits per heavy atom. The lowest BCUT2D eigenvalue weighted by molar-refractivity contribution is -0.125. The van der Waals surface area contributed by atoms with Crippen molar-refractivity contribution in [3.63, 3.8) is 0 Å². The van der Waals surface area contributed by atoms with E-state index in [0.29, 0.717) is 6.42 Å². The van der Waals surface area contributed by atoms with Gasteiger partial charge in [0.2, 0.25) is 5.91 Å². The van der Waals surface area contributed by atoms with Crippen molar-refractivity contribution >= 4 is 39.3 Å². The third-order valence-electron chi connectivity index (χ3n) is 4.81. The topological polar surface area (TPSA) is 167 Å². The van der Waals surface area contributed by atoms with Gasteiger partial charge < -0.3 is 20.5 Å². The molecule has 0 spiro atoms. The lowest BCUT2D eigenvalue weighted by atomic mass is 10.0. The number of carbonyl (C=O) groups excluding carboxylic acids is 2. The number of anilines is 1. The van der Waals surface area contributed by atoms with Gasteiger partial charge in [-0.1, -0.05) is 32.9 Å². The molecule has 0 aliphatic heterocycles. The summed E-state index contributed by atoms with van der Waals surface area (Å²) in [7, 11) is -3.37. The lowest BCUT2D eigenvalue weighted by Gasteiger charge is -2.27. The Morgan fingerprint density at radius 2 is 1.70 bits per heavy atom. The van der Waals surface area contributed by atoms with Crippen LogP contribution in [0.1, 0.15) is 63.8 Å². The van der Waals surface area contributed by atoms with Gasteiger partial charge in [0.1, 0.15) is 16.7 Å². The number of hydrogen-bond donors (Lipinski definition) is 5. The van der Waals surface area contributed by atoms with Crippen molar-refractivity contribution in [3.05, 3.63) is 45.9 Å². The van der Waals surface area contributed by atoms with Gasteiger partial charge in [-0.2, -0.15) is 8.42 Å². The van der Waals surface area contributed by atoms with Crippen molar-refractivity contribution in [3.8, 4) is 0 Å². The molecule has 0 saturated heterocycles. The molecular weight excluding hydrogens is 520 g/mol. The second-order valence-electron chi connectivity index (χ2n) is 9.44. The normalized spacial score (nSPS) is 13.1. The van der Waals surface area contributed by atoms with Crippen LogP contribution in [-0.2, 0) is 32.7 Å². The van der Waals surface area contributed by atoms with Crippen LogP contribution in [0.5, 0.6) is 0 Å². The first-order valence-electron chi connectivity index (χ1n) is 11.7. The molecule has 0 radical (unpaired) electrons. The Labute approximate surface area is 222 Å². The Hall–Kier alpha value is -2.74. The van der Waals surface area contributed by atoms with Crippen molar-refractivity contribution in [2.75, 3.05) is 11.8 Å². The average Bonchev–Trinajstić information content (AvgIpc) is 3.26. The molecule has 2 rings (SSSR count). The minimum Gasteiger partial charge on any atom is -0.444 e. The summed E-state index contributed by atoms with van der Waals surface area (Å²) < 4.78 is 38.3. The van der Waals surface area contributed by atoms with Gasteiger partial charge in [0.15, 0.2) is 0 Å². The average molecular weight is 559 g/mol. The highest BCUT2D eigenvalue weighted by molar-refractivity contribution is 7.87. The fourth-order valence-electron chi connectivity index (χ4n) is 3.17. The number of carbonyl (C=O) groups is 2. The predicted octanol–water partition coefficient (Wildman–Crippen LogP) is 3.48. The molecule has 11 nitrogen and oxygen atoms in total. The summed E-state index contributed by atoms with van der Waals surface area (Å²) in [4.78, 5) is 30.2.